The minimum atomic E-state index is -4.48. The van der Waals surface area contributed by atoms with Gasteiger partial charge in [0.15, 0.2) is 0 Å². The van der Waals surface area contributed by atoms with Gasteiger partial charge in [0.25, 0.3) is 5.91 Å². The Labute approximate surface area is 234 Å². The van der Waals surface area contributed by atoms with Gasteiger partial charge in [-0.15, -0.1) is 0 Å². The summed E-state index contributed by atoms with van der Waals surface area (Å²) in [4.78, 5) is 39.7. The molecule has 0 aromatic heterocycles. The largest absolute Gasteiger partial charge is 0.474 e. The first-order chi connectivity index (χ1) is 19.1. The van der Waals surface area contributed by atoms with E-state index in [-0.39, 0.29) is 24.9 Å². The smallest absolute Gasteiger partial charge is 0.416 e. The fourth-order valence-corrected chi connectivity index (χ4v) is 5.11. The summed E-state index contributed by atoms with van der Waals surface area (Å²) in [5.74, 6) is -2.78. The van der Waals surface area contributed by atoms with E-state index in [1.165, 1.54) is 49.8 Å². The van der Waals surface area contributed by atoms with E-state index in [1.807, 2.05) is 24.3 Å². The zero-order valence-electron chi connectivity index (χ0n) is 23.1. The number of benzene rings is 2. The molecule has 1 fully saturated rings. The maximum Gasteiger partial charge on any atom is 0.416 e. The highest BCUT2D eigenvalue weighted by atomic mass is 19.4. The van der Waals surface area contributed by atoms with Crippen LogP contribution >= 0.6 is 0 Å². The van der Waals surface area contributed by atoms with Crippen LogP contribution in [0.25, 0.3) is 0 Å². The quantitative estimate of drug-likeness (QED) is 0.235. The Bertz CT molecular complexity index is 1110. The summed E-state index contributed by atoms with van der Waals surface area (Å²) in [7, 11) is 0. The van der Waals surface area contributed by atoms with Crippen molar-refractivity contribution in [3.8, 4) is 0 Å². The summed E-state index contributed by atoms with van der Waals surface area (Å²) in [6.45, 7) is 3.23. The van der Waals surface area contributed by atoms with Crippen LogP contribution in [-0.4, -0.2) is 52.3 Å². The molecule has 218 valence electrons. The monoisotopic (exact) mass is 560 g/mol. The van der Waals surface area contributed by atoms with Crippen LogP contribution in [0.3, 0.4) is 0 Å². The third-order valence-corrected chi connectivity index (χ3v) is 7.53. The van der Waals surface area contributed by atoms with Gasteiger partial charge in [0.05, 0.1) is 5.56 Å². The first-order valence-corrected chi connectivity index (χ1v) is 14.1. The Morgan fingerprint density at radius 2 is 1.45 bits per heavy atom. The number of hydrogen-bond acceptors (Lipinski definition) is 3. The van der Waals surface area contributed by atoms with Gasteiger partial charge in [-0.05, 0) is 67.0 Å². The molecule has 0 saturated carbocycles. The molecule has 2 aromatic carbocycles. The molecular formula is C31H39F3N2O4. The topological polar surface area (TPSA) is 77.9 Å². The molecule has 2 aromatic rings. The molecule has 1 saturated heterocycles. The first kappa shape index (κ1) is 31.2. The predicted molar refractivity (Wildman–Crippen MR) is 147 cm³/mol. The fourth-order valence-electron chi connectivity index (χ4n) is 5.11. The van der Waals surface area contributed by atoms with E-state index in [9.17, 15) is 32.7 Å². The number of hydrogen-bond donors (Lipinski definition) is 1. The molecule has 0 spiro atoms. The molecule has 1 aliphatic heterocycles. The van der Waals surface area contributed by atoms with Crippen molar-refractivity contribution in [2.45, 2.75) is 77.4 Å². The Morgan fingerprint density at radius 1 is 0.875 bits per heavy atom. The molecule has 0 radical (unpaired) electrons. The van der Waals surface area contributed by atoms with Crippen LogP contribution in [0.15, 0.2) is 48.5 Å². The molecule has 0 atom stereocenters. The second-order valence-corrected chi connectivity index (χ2v) is 10.6. The lowest BCUT2D eigenvalue weighted by Crippen LogP contribution is -2.44. The number of carboxylic acid groups (broad SMARTS) is 1. The standard InChI is InChI=1S/C31H39F3N2O4/c1-2-3-4-5-6-7-8-23-9-13-26(14-10-23)28(37)35-19-17-25(18-20-35)22-36(29(38)30(39)40)21-24-11-15-27(16-12-24)31(32,33)34/h9-16,25H,2-8,17-22H2,1H3,(H,39,40). The molecule has 0 aliphatic carbocycles. The number of carboxylic acids is 1. The Kier molecular flexibility index (Phi) is 11.6. The molecule has 0 unspecified atom stereocenters. The Balaban J connectivity index is 1.50. The van der Waals surface area contributed by atoms with E-state index in [0.717, 1.165) is 29.9 Å². The summed E-state index contributed by atoms with van der Waals surface area (Å²) >= 11 is 0. The van der Waals surface area contributed by atoms with Gasteiger partial charge in [-0.1, -0.05) is 63.3 Å². The highest BCUT2D eigenvalue weighted by Crippen LogP contribution is 2.29. The second-order valence-electron chi connectivity index (χ2n) is 10.6. The molecule has 9 heteroatoms. The lowest BCUT2D eigenvalue weighted by Gasteiger charge is -2.34. The maximum absolute atomic E-state index is 13.0. The van der Waals surface area contributed by atoms with Crippen LogP contribution in [0.2, 0.25) is 0 Å². The number of piperidine rings is 1. The van der Waals surface area contributed by atoms with E-state index >= 15 is 0 Å². The third-order valence-electron chi connectivity index (χ3n) is 7.53. The van der Waals surface area contributed by atoms with Crippen LogP contribution in [0.5, 0.6) is 0 Å². The van der Waals surface area contributed by atoms with Crippen molar-refractivity contribution < 1.29 is 32.7 Å². The summed E-state index contributed by atoms with van der Waals surface area (Å²) in [5, 5.41) is 9.27. The number of aliphatic carboxylic acids is 1. The number of carbonyl (C=O) groups is 3. The van der Waals surface area contributed by atoms with Crippen molar-refractivity contribution in [1.82, 2.24) is 9.80 Å². The Hall–Kier alpha value is -3.36. The zero-order chi connectivity index (χ0) is 29.1. The molecule has 1 heterocycles. The number of alkyl halides is 3. The number of likely N-dealkylation sites (tertiary alicyclic amines) is 1. The lowest BCUT2D eigenvalue weighted by molar-refractivity contribution is -0.156. The van der Waals surface area contributed by atoms with Crippen LogP contribution in [0, 0.1) is 5.92 Å². The molecule has 3 rings (SSSR count). The predicted octanol–water partition coefficient (Wildman–Crippen LogP) is 6.57. The molecule has 40 heavy (non-hydrogen) atoms. The molecule has 2 amide bonds. The number of aryl methyl sites for hydroxylation is 1. The van der Waals surface area contributed by atoms with E-state index in [2.05, 4.69) is 6.92 Å². The summed E-state index contributed by atoms with van der Waals surface area (Å²) in [5.41, 5.74) is 1.46. The summed E-state index contributed by atoms with van der Waals surface area (Å²) in [6, 6.07) is 12.1. The normalized spacial score (nSPS) is 14.2. The van der Waals surface area contributed by atoms with Gasteiger partial charge in [0.2, 0.25) is 0 Å². The summed E-state index contributed by atoms with van der Waals surface area (Å²) in [6.07, 6.45) is 5.15. The van der Waals surface area contributed by atoms with E-state index < -0.39 is 23.6 Å². The minimum Gasteiger partial charge on any atom is -0.474 e. The van der Waals surface area contributed by atoms with Crippen molar-refractivity contribution in [2.24, 2.45) is 5.92 Å². The van der Waals surface area contributed by atoms with Crippen molar-refractivity contribution >= 4 is 17.8 Å². The van der Waals surface area contributed by atoms with Crippen LogP contribution < -0.4 is 0 Å². The number of amides is 2. The average molecular weight is 561 g/mol. The Morgan fingerprint density at radius 3 is 2.02 bits per heavy atom. The van der Waals surface area contributed by atoms with Gasteiger partial charge in [0, 0.05) is 31.7 Å². The molecule has 1 aliphatic rings. The number of halogens is 3. The molecule has 6 nitrogen and oxygen atoms in total. The molecule has 1 N–H and O–H groups in total. The second kappa shape index (κ2) is 14.9. The number of rotatable bonds is 12. The first-order valence-electron chi connectivity index (χ1n) is 14.1. The van der Waals surface area contributed by atoms with Gasteiger partial charge in [-0.25, -0.2) is 4.79 Å². The third kappa shape index (κ3) is 9.38. The minimum absolute atomic E-state index is 0.0264. The van der Waals surface area contributed by atoms with Crippen LogP contribution in [0.4, 0.5) is 13.2 Å². The highest BCUT2D eigenvalue weighted by Gasteiger charge is 2.31. The van der Waals surface area contributed by atoms with E-state index in [0.29, 0.717) is 37.1 Å². The number of carbonyl (C=O) groups excluding carboxylic acids is 2. The summed E-state index contributed by atoms with van der Waals surface area (Å²) < 4.78 is 38.6. The van der Waals surface area contributed by atoms with E-state index in [1.54, 1.807) is 4.90 Å². The van der Waals surface area contributed by atoms with Crippen molar-refractivity contribution in [2.75, 3.05) is 19.6 Å². The van der Waals surface area contributed by atoms with Gasteiger partial charge in [-0.2, -0.15) is 13.2 Å². The SMILES string of the molecule is CCCCCCCCc1ccc(C(=O)N2CCC(CN(Cc3ccc(C(F)(F)F)cc3)C(=O)C(=O)O)CC2)cc1. The molecular weight excluding hydrogens is 521 g/mol. The van der Waals surface area contributed by atoms with Crippen molar-refractivity contribution in [3.63, 3.8) is 0 Å². The number of nitrogens with zero attached hydrogens (tertiary/aromatic N) is 2. The van der Waals surface area contributed by atoms with Gasteiger partial charge in [-0.3, -0.25) is 9.59 Å². The van der Waals surface area contributed by atoms with E-state index in [4.69, 9.17) is 0 Å². The zero-order valence-corrected chi connectivity index (χ0v) is 23.1. The highest BCUT2D eigenvalue weighted by molar-refractivity contribution is 6.31. The van der Waals surface area contributed by atoms with Gasteiger partial charge in [0.1, 0.15) is 0 Å². The fraction of sp³-hybridized carbons (Fsp3) is 0.516. The van der Waals surface area contributed by atoms with Gasteiger partial charge < -0.3 is 14.9 Å². The number of unbranched alkanes of at least 4 members (excludes halogenated alkanes) is 5. The van der Waals surface area contributed by atoms with Gasteiger partial charge >= 0.3 is 18.1 Å². The molecule has 0 bridgehead atoms. The van der Waals surface area contributed by atoms with Crippen molar-refractivity contribution in [1.29, 1.82) is 0 Å². The van der Waals surface area contributed by atoms with Crippen LogP contribution in [0.1, 0.15) is 85.3 Å². The lowest BCUT2D eigenvalue weighted by atomic mass is 9.95. The average Bonchev–Trinajstić information content (AvgIpc) is 2.94. The van der Waals surface area contributed by atoms with Crippen molar-refractivity contribution in [3.05, 3.63) is 70.8 Å². The van der Waals surface area contributed by atoms with Crippen LogP contribution in [-0.2, 0) is 28.7 Å². The maximum atomic E-state index is 13.0.